The summed E-state index contributed by atoms with van der Waals surface area (Å²) in [6.45, 7) is 1.91. The molecular weight excluding hydrogens is 414 g/mol. The molecule has 5 nitrogen and oxygen atoms in total. The molecule has 1 atom stereocenters. The van der Waals surface area contributed by atoms with Crippen molar-refractivity contribution in [3.8, 4) is 5.75 Å². The Balaban J connectivity index is 1.80. The highest BCUT2D eigenvalue weighted by atomic mass is 35.5. The molecule has 0 aliphatic carbocycles. The van der Waals surface area contributed by atoms with Crippen LogP contribution in [0.3, 0.4) is 0 Å². The van der Waals surface area contributed by atoms with Crippen molar-refractivity contribution >= 4 is 34.2 Å². The molecule has 0 radical (unpaired) electrons. The Morgan fingerprint density at radius 3 is 2.48 bits per heavy atom. The van der Waals surface area contributed by atoms with Crippen LogP contribution < -0.4 is 15.1 Å². The van der Waals surface area contributed by atoms with Crippen molar-refractivity contribution in [1.82, 2.24) is 0 Å². The number of hydrogen-bond donors (Lipinski definition) is 0. The van der Waals surface area contributed by atoms with Crippen molar-refractivity contribution in [3.63, 3.8) is 0 Å². The van der Waals surface area contributed by atoms with Gasteiger partial charge in [-0.25, -0.2) is 0 Å². The van der Waals surface area contributed by atoms with Gasteiger partial charge in [0.25, 0.3) is 5.91 Å². The Morgan fingerprint density at radius 2 is 1.77 bits per heavy atom. The van der Waals surface area contributed by atoms with Gasteiger partial charge in [-0.15, -0.1) is 0 Å². The first-order valence-electron chi connectivity index (χ1n) is 9.79. The van der Waals surface area contributed by atoms with Crippen molar-refractivity contribution in [1.29, 1.82) is 0 Å². The van der Waals surface area contributed by atoms with Crippen molar-refractivity contribution in [2.45, 2.75) is 13.0 Å². The molecule has 1 aliphatic heterocycles. The van der Waals surface area contributed by atoms with E-state index >= 15 is 0 Å². The number of nitrogens with zero attached hydrogens (tertiary/aromatic N) is 1. The van der Waals surface area contributed by atoms with Crippen LogP contribution in [0.15, 0.2) is 75.9 Å². The maximum absolute atomic E-state index is 13.6. The summed E-state index contributed by atoms with van der Waals surface area (Å²) in [7, 11) is 1.53. The lowest BCUT2D eigenvalue weighted by Crippen LogP contribution is -2.29. The molecule has 0 fully saturated rings. The highest BCUT2D eigenvalue weighted by Crippen LogP contribution is 2.42. The minimum Gasteiger partial charge on any atom is -0.495 e. The number of methoxy groups -OCH3 is 1. The lowest BCUT2D eigenvalue weighted by atomic mass is 9.98. The number of amides is 1. The number of rotatable bonds is 3. The number of carbonyl (C=O) groups excluding carboxylic acids is 1. The van der Waals surface area contributed by atoms with Crippen LogP contribution in [0.4, 0.5) is 5.69 Å². The summed E-state index contributed by atoms with van der Waals surface area (Å²) in [6, 6.07) is 19.3. The fourth-order valence-electron chi connectivity index (χ4n) is 4.11. The Bertz CT molecular complexity index is 1390. The van der Waals surface area contributed by atoms with Gasteiger partial charge in [0.1, 0.15) is 11.3 Å². The van der Waals surface area contributed by atoms with Crippen LogP contribution in [0.2, 0.25) is 5.02 Å². The topological polar surface area (TPSA) is 59.8 Å². The highest BCUT2D eigenvalue weighted by molar-refractivity contribution is 6.32. The first-order valence-corrected chi connectivity index (χ1v) is 10.2. The van der Waals surface area contributed by atoms with Gasteiger partial charge in [0.05, 0.1) is 29.1 Å². The molecule has 3 aromatic carbocycles. The average Bonchev–Trinajstić information content (AvgIpc) is 3.07. The lowest BCUT2D eigenvalue weighted by molar-refractivity contribution is 0.0971. The quantitative estimate of drug-likeness (QED) is 0.429. The van der Waals surface area contributed by atoms with Gasteiger partial charge >= 0.3 is 0 Å². The molecule has 1 aliphatic rings. The van der Waals surface area contributed by atoms with Gasteiger partial charge in [-0.05, 0) is 42.8 Å². The predicted octanol–water partition coefficient (Wildman–Crippen LogP) is 5.51. The van der Waals surface area contributed by atoms with Crippen molar-refractivity contribution < 1.29 is 13.9 Å². The van der Waals surface area contributed by atoms with E-state index in [0.29, 0.717) is 33.0 Å². The molecule has 0 spiro atoms. The molecule has 31 heavy (non-hydrogen) atoms. The third-order valence-corrected chi connectivity index (χ3v) is 5.85. The fraction of sp³-hybridized carbons (Fsp3) is 0.120. The molecule has 0 saturated heterocycles. The van der Waals surface area contributed by atoms with Crippen molar-refractivity contribution in [3.05, 3.63) is 104 Å². The van der Waals surface area contributed by atoms with E-state index in [1.54, 1.807) is 35.2 Å². The van der Waals surface area contributed by atoms with E-state index in [2.05, 4.69) is 0 Å². The second-order valence-corrected chi connectivity index (χ2v) is 7.89. The molecule has 5 rings (SSSR count). The molecule has 0 N–H and O–H groups in total. The number of fused-ring (bicyclic) bond motifs is 2. The first kappa shape index (κ1) is 19.4. The minimum absolute atomic E-state index is 0.0575. The van der Waals surface area contributed by atoms with Gasteiger partial charge < -0.3 is 9.15 Å². The van der Waals surface area contributed by atoms with Crippen LogP contribution >= 0.6 is 11.6 Å². The van der Waals surface area contributed by atoms with Crippen LogP contribution in [0, 0.1) is 6.92 Å². The van der Waals surface area contributed by atoms with Crippen LogP contribution in [0.25, 0.3) is 11.0 Å². The van der Waals surface area contributed by atoms with Gasteiger partial charge in [-0.3, -0.25) is 14.5 Å². The summed E-state index contributed by atoms with van der Waals surface area (Å²) in [5.74, 6) is 0.174. The Labute approximate surface area is 183 Å². The molecule has 2 heterocycles. The zero-order valence-corrected chi connectivity index (χ0v) is 17.6. The van der Waals surface area contributed by atoms with Crippen molar-refractivity contribution in [2.24, 2.45) is 0 Å². The maximum Gasteiger partial charge on any atom is 0.295 e. The molecule has 0 saturated carbocycles. The number of benzene rings is 3. The summed E-state index contributed by atoms with van der Waals surface area (Å²) < 4.78 is 11.2. The standard InChI is InChI=1S/C25H18ClNO4/c1-14-8-10-19-17(12-14)23(28)21-22(15-6-4-3-5-7-15)27(25(29)24(21)31-19)16-9-11-20(30-2)18(26)13-16/h3-13,22H,1-2H3. The molecule has 0 bridgehead atoms. The summed E-state index contributed by atoms with van der Waals surface area (Å²) >= 11 is 6.35. The number of ether oxygens (including phenoxy) is 1. The fourth-order valence-corrected chi connectivity index (χ4v) is 4.36. The van der Waals surface area contributed by atoms with Crippen molar-refractivity contribution in [2.75, 3.05) is 12.0 Å². The van der Waals surface area contributed by atoms with Crippen LogP contribution in [-0.4, -0.2) is 13.0 Å². The second kappa shape index (κ2) is 7.29. The normalized spacial score (nSPS) is 15.4. The average molecular weight is 432 g/mol. The number of aryl methyl sites for hydroxylation is 1. The number of anilines is 1. The van der Waals surface area contributed by atoms with Gasteiger partial charge in [0.15, 0.2) is 5.43 Å². The second-order valence-electron chi connectivity index (χ2n) is 7.48. The van der Waals surface area contributed by atoms with E-state index in [0.717, 1.165) is 11.1 Å². The molecule has 1 amide bonds. The summed E-state index contributed by atoms with van der Waals surface area (Å²) in [5.41, 5.74) is 2.82. The summed E-state index contributed by atoms with van der Waals surface area (Å²) in [4.78, 5) is 28.6. The third kappa shape index (κ3) is 3.01. The SMILES string of the molecule is COc1ccc(N2C(=O)c3oc4ccc(C)cc4c(=O)c3C2c2ccccc2)cc1Cl. The predicted molar refractivity (Wildman–Crippen MR) is 120 cm³/mol. The van der Waals surface area contributed by atoms with E-state index < -0.39 is 6.04 Å². The van der Waals surface area contributed by atoms with E-state index in [-0.39, 0.29) is 17.1 Å². The minimum atomic E-state index is -0.630. The maximum atomic E-state index is 13.6. The molecule has 1 aromatic heterocycles. The van der Waals surface area contributed by atoms with E-state index in [1.165, 1.54) is 7.11 Å². The molecular formula is C25H18ClNO4. The smallest absolute Gasteiger partial charge is 0.295 e. The molecule has 154 valence electrons. The molecule has 1 unspecified atom stereocenters. The number of carbonyl (C=O) groups is 1. The molecule has 6 heteroatoms. The zero-order valence-electron chi connectivity index (χ0n) is 16.9. The van der Waals surface area contributed by atoms with E-state index in [9.17, 15) is 9.59 Å². The summed E-state index contributed by atoms with van der Waals surface area (Å²) in [6.07, 6.45) is 0. The number of hydrogen-bond acceptors (Lipinski definition) is 4. The monoisotopic (exact) mass is 431 g/mol. The highest BCUT2D eigenvalue weighted by Gasteiger charge is 2.43. The Hall–Kier alpha value is -3.57. The lowest BCUT2D eigenvalue weighted by Gasteiger charge is -2.25. The Kier molecular flexibility index (Phi) is 4.56. The van der Waals surface area contributed by atoms with Crippen LogP contribution in [0.5, 0.6) is 5.75 Å². The third-order valence-electron chi connectivity index (χ3n) is 5.55. The van der Waals surface area contributed by atoms with E-state index in [1.807, 2.05) is 43.3 Å². The zero-order chi connectivity index (χ0) is 21.7. The van der Waals surface area contributed by atoms with Gasteiger partial charge in [-0.2, -0.15) is 0 Å². The Morgan fingerprint density at radius 1 is 1.00 bits per heavy atom. The van der Waals surface area contributed by atoms with Crippen LogP contribution in [-0.2, 0) is 0 Å². The van der Waals surface area contributed by atoms with Gasteiger partial charge in [0.2, 0.25) is 5.76 Å². The van der Waals surface area contributed by atoms with Gasteiger partial charge in [0, 0.05) is 5.69 Å². The van der Waals surface area contributed by atoms with Crippen LogP contribution in [0.1, 0.15) is 33.3 Å². The molecule has 4 aromatic rings. The van der Waals surface area contributed by atoms with E-state index in [4.69, 9.17) is 20.8 Å². The largest absolute Gasteiger partial charge is 0.495 e. The summed E-state index contributed by atoms with van der Waals surface area (Å²) in [5, 5.41) is 0.831. The number of halogens is 1. The first-order chi connectivity index (χ1) is 15.0. The van der Waals surface area contributed by atoms with Gasteiger partial charge in [-0.1, -0.05) is 53.6 Å².